The molecule has 4 nitrogen and oxygen atoms in total. The first kappa shape index (κ1) is 19.9. The Morgan fingerprint density at radius 3 is 2.71 bits per heavy atom. The lowest BCUT2D eigenvalue weighted by atomic mass is 10.1. The summed E-state index contributed by atoms with van der Waals surface area (Å²) in [7, 11) is 0. The van der Waals surface area contributed by atoms with Crippen LogP contribution in [0.25, 0.3) is 10.9 Å². The van der Waals surface area contributed by atoms with Crippen LogP contribution in [0, 0.1) is 18.3 Å². The van der Waals surface area contributed by atoms with E-state index in [0.717, 1.165) is 40.6 Å². The van der Waals surface area contributed by atoms with Gasteiger partial charge in [0, 0.05) is 11.1 Å². The van der Waals surface area contributed by atoms with Crippen LogP contribution >= 0.6 is 11.8 Å². The first-order valence-corrected chi connectivity index (χ1v) is 10.4. The number of nitrogens with one attached hydrogen (secondary N) is 1. The number of fused-ring (bicyclic) bond motifs is 1. The van der Waals surface area contributed by atoms with Gasteiger partial charge in [-0.2, -0.15) is 5.26 Å². The van der Waals surface area contributed by atoms with Crippen molar-refractivity contribution in [1.29, 1.82) is 5.26 Å². The molecule has 0 radical (unpaired) electrons. The second kappa shape index (κ2) is 8.90. The second-order valence-electron chi connectivity index (χ2n) is 6.63. The summed E-state index contributed by atoms with van der Waals surface area (Å²) in [5.41, 5.74) is 5.60. The van der Waals surface area contributed by atoms with E-state index in [1.165, 1.54) is 17.3 Å². The predicted molar refractivity (Wildman–Crippen MR) is 116 cm³/mol. The number of thioether (sulfide) groups is 1. The molecule has 1 N–H and O–H groups in total. The van der Waals surface area contributed by atoms with Crippen molar-refractivity contribution in [2.75, 3.05) is 11.1 Å². The number of para-hydroxylation sites is 1. The maximum absolute atomic E-state index is 12.5. The molecule has 0 aliphatic carbocycles. The normalized spacial score (nSPS) is 10.6. The van der Waals surface area contributed by atoms with E-state index in [4.69, 9.17) is 0 Å². The van der Waals surface area contributed by atoms with E-state index in [0.29, 0.717) is 10.6 Å². The van der Waals surface area contributed by atoms with E-state index < -0.39 is 0 Å². The third kappa shape index (κ3) is 4.35. The number of rotatable bonds is 6. The molecule has 142 valence electrons. The topological polar surface area (TPSA) is 65.8 Å². The van der Waals surface area contributed by atoms with E-state index in [1.54, 1.807) is 0 Å². The molecule has 1 aromatic heterocycles. The standard InChI is InChI=1S/C23H23N3OS/c1-4-16-9-10-20-18(11-16)12-19(13-24)23(25-20)28-14-21(27)26-22-15(3)7-6-8-17(22)5-2/h6-12H,4-5,14H2,1-3H3,(H,26,27). The highest BCUT2D eigenvalue weighted by molar-refractivity contribution is 8.00. The van der Waals surface area contributed by atoms with Crippen molar-refractivity contribution in [2.24, 2.45) is 0 Å². The van der Waals surface area contributed by atoms with Crippen LogP contribution in [-0.4, -0.2) is 16.6 Å². The minimum absolute atomic E-state index is 0.0962. The first-order valence-electron chi connectivity index (χ1n) is 9.40. The van der Waals surface area contributed by atoms with Crippen molar-refractivity contribution >= 4 is 34.3 Å². The van der Waals surface area contributed by atoms with Crippen LogP contribution < -0.4 is 5.32 Å². The summed E-state index contributed by atoms with van der Waals surface area (Å²) >= 11 is 1.30. The van der Waals surface area contributed by atoms with Gasteiger partial charge < -0.3 is 5.32 Å². The van der Waals surface area contributed by atoms with Crippen LogP contribution in [0.5, 0.6) is 0 Å². The van der Waals surface area contributed by atoms with Gasteiger partial charge in [-0.15, -0.1) is 0 Å². The minimum atomic E-state index is -0.0962. The Morgan fingerprint density at radius 2 is 2.00 bits per heavy atom. The fraction of sp³-hybridized carbons (Fsp3) is 0.261. The molecule has 1 heterocycles. The number of benzene rings is 2. The molecule has 0 saturated carbocycles. The van der Waals surface area contributed by atoms with Crippen molar-refractivity contribution in [1.82, 2.24) is 4.98 Å². The summed E-state index contributed by atoms with van der Waals surface area (Å²) in [6, 6.07) is 16.2. The van der Waals surface area contributed by atoms with Crippen LogP contribution in [0.1, 0.15) is 36.1 Å². The monoisotopic (exact) mass is 389 g/mol. The Labute approximate surface area is 170 Å². The lowest BCUT2D eigenvalue weighted by molar-refractivity contribution is -0.113. The Hall–Kier alpha value is -2.84. The summed E-state index contributed by atoms with van der Waals surface area (Å²) in [6.07, 6.45) is 1.79. The number of aryl methyl sites for hydroxylation is 3. The molecule has 1 amide bonds. The van der Waals surface area contributed by atoms with Crippen LogP contribution in [0.2, 0.25) is 0 Å². The quantitative estimate of drug-likeness (QED) is 0.583. The Bertz CT molecular complexity index is 1070. The fourth-order valence-electron chi connectivity index (χ4n) is 3.13. The molecule has 0 atom stereocenters. The average molecular weight is 390 g/mol. The molecule has 0 bridgehead atoms. The van der Waals surface area contributed by atoms with Crippen LogP contribution in [0.3, 0.4) is 0 Å². The Morgan fingerprint density at radius 1 is 1.18 bits per heavy atom. The van der Waals surface area contributed by atoms with Gasteiger partial charge in [-0.05, 0) is 54.7 Å². The van der Waals surface area contributed by atoms with E-state index >= 15 is 0 Å². The Balaban J connectivity index is 1.78. The number of nitriles is 1. The third-order valence-corrected chi connectivity index (χ3v) is 5.71. The summed E-state index contributed by atoms with van der Waals surface area (Å²) in [6.45, 7) is 6.16. The second-order valence-corrected chi connectivity index (χ2v) is 7.60. The number of amides is 1. The zero-order valence-corrected chi connectivity index (χ0v) is 17.2. The van der Waals surface area contributed by atoms with Gasteiger partial charge >= 0.3 is 0 Å². The molecule has 0 aliphatic rings. The zero-order chi connectivity index (χ0) is 20.1. The molecular formula is C23H23N3OS. The maximum atomic E-state index is 12.5. The molecule has 3 aromatic rings. The molecule has 28 heavy (non-hydrogen) atoms. The zero-order valence-electron chi connectivity index (χ0n) is 16.4. The number of aromatic nitrogens is 1. The lowest BCUT2D eigenvalue weighted by Gasteiger charge is -2.13. The smallest absolute Gasteiger partial charge is 0.234 e. The molecule has 3 rings (SSSR count). The SMILES string of the molecule is CCc1ccc2nc(SCC(=O)Nc3c(C)cccc3CC)c(C#N)cc2c1. The predicted octanol–water partition coefficient (Wildman–Crippen LogP) is 5.27. The molecular weight excluding hydrogens is 366 g/mol. The number of hydrogen-bond acceptors (Lipinski definition) is 4. The summed E-state index contributed by atoms with van der Waals surface area (Å²) in [4.78, 5) is 17.1. The third-order valence-electron chi connectivity index (χ3n) is 4.72. The van der Waals surface area contributed by atoms with Gasteiger partial charge in [-0.25, -0.2) is 4.98 Å². The van der Waals surface area contributed by atoms with Crippen LogP contribution in [-0.2, 0) is 17.6 Å². The van der Waals surface area contributed by atoms with Crippen molar-refractivity contribution in [2.45, 2.75) is 38.6 Å². The summed E-state index contributed by atoms with van der Waals surface area (Å²) in [5.74, 6) is 0.110. The van der Waals surface area contributed by atoms with Crippen LogP contribution in [0.15, 0.2) is 47.5 Å². The number of pyridine rings is 1. The van der Waals surface area contributed by atoms with Gasteiger partial charge in [0.2, 0.25) is 5.91 Å². The number of hydrogen-bond donors (Lipinski definition) is 1. The first-order chi connectivity index (χ1) is 13.5. The molecule has 0 aliphatic heterocycles. The van der Waals surface area contributed by atoms with Crippen molar-refractivity contribution in [3.63, 3.8) is 0 Å². The van der Waals surface area contributed by atoms with Crippen molar-refractivity contribution in [3.8, 4) is 6.07 Å². The van der Waals surface area contributed by atoms with Gasteiger partial charge in [-0.1, -0.05) is 49.9 Å². The number of carbonyl (C=O) groups excluding carboxylic acids is 1. The fourth-order valence-corrected chi connectivity index (χ4v) is 3.89. The number of nitrogens with zero attached hydrogens (tertiary/aromatic N) is 2. The molecule has 0 saturated heterocycles. The highest BCUT2D eigenvalue weighted by Gasteiger charge is 2.13. The maximum Gasteiger partial charge on any atom is 0.234 e. The van der Waals surface area contributed by atoms with E-state index in [1.807, 2.05) is 43.3 Å². The average Bonchev–Trinajstić information content (AvgIpc) is 2.72. The van der Waals surface area contributed by atoms with E-state index in [9.17, 15) is 10.1 Å². The van der Waals surface area contributed by atoms with E-state index in [-0.39, 0.29) is 11.7 Å². The molecule has 5 heteroatoms. The molecule has 0 fully saturated rings. The lowest BCUT2D eigenvalue weighted by Crippen LogP contribution is -2.16. The van der Waals surface area contributed by atoms with Crippen molar-refractivity contribution < 1.29 is 4.79 Å². The van der Waals surface area contributed by atoms with Gasteiger partial charge in [0.1, 0.15) is 11.1 Å². The molecule has 0 unspecified atom stereocenters. The minimum Gasteiger partial charge on any atom is -0.325 e. The molecule has 0 spiro atoms. The molecule has 2 aromatic carbocycles. The largest absolute Gasteiger partial charge is 0.325 e. The van der Waals surface area contributed by atoms with Gasteiger partial charge in [0.15, 0.2) is 0 Å². The summed E-state index contributed by atoms with van der Waals surface area (Å²) in [5, 5.41) is 14.1. The van der Waals surface area contributed by atoms with Gasteiger partial charge in [0.25, 0.3) is 0 Å². The highest BCUT2D eigenvalue weighted by atomic mass is 32.2. The Kier molecular flexibility index (Phi) is 6.33. The number of anilines is 1. The van der Waals surface area contributed by atoms with Crippen molar-refractivity contribution in [3.05, 3.63) is 64.7 Å². The van der Waals surface area contributed by atoms with Gasteiger partial charge in [0.05, 0.1) is 16.8 Å². The van der Waals surface area contributed by atoms with Gasteiger partial charge in [-0.3, -0.25) is 4.79 Å². The highest BCUT2D eigenvalue weighted by Crippen LogP contribution is 2.26. The summed E-state index contributed by atoms with van der Waals surface area (Å²) < 4.78 is 0. The van der Waals surface area contributed by atoms with E-state index in [2.05, 4.69) is 36.3 Å². The van der Waals surface area contributed by atoms with Crippen LogP contribution in [0.4, 0.5) is 5.69 Å². The number of carbonyl (C=O) groups is 1.